The number of halogens is 2. The topological polar surface area (TPSA) is 20.2 Å². The minimum Gasteiger partial charge on any atom is -1.00 e. The zero-order valence-electron chi connectivity index (χ0n) is 9.53. The van der Waals surface area contributed by atoms with Crippen LogP contribution in [0.5, 0.6) is 0 Å². The van der Waals surface area contributed by atoms with Crippen molar-refractivity contribution in [3.63, 3.8) is 0 Å². The van der Waals surface area contributed by atoms with Crippen molar-refractivity contribution >= 4 is 0 Å². The minimum atomic E-state index is 0. The molecule has 0 aromatic heterocycles. The Morgan fingerprint density at radius 2 is 1.82 bits per heavy atom. The molecule has 1 aliphatic rings. The van der Waals surface area contributed by atoms with Gasteiger partial charge in [-0.15, -0.1) is 0 Å². The van der Waals surface area contributed by atoms with Gasteiger partial charge in [0.2, 0.25) is 0 Å². The first-order valence-corrected chi connectivity index (χ1v) is 4.86. The Hall–Kier alpha value is -0.0457. The van der Waals surface area contributed by atoms with Crippen LogP contribution in [0, 0.1) is 0 Å². The molecule has 0 fully saturated rings. The molecule has 1 atom stereocenters. The third-order valence-corrected chi connectivity index (χ3v) is 2.59. The van der Waals surface area contributed by atoms with E-state index in [-0.39, 0.29) is 53.1 Å². The van der Waals surface area contributed by atoms with Crippen molar-refractivity contribution in [2.45, 2.75) is 19.4 Å². The average Bonchev–Trinajstić information content (AvgIpc) is 2.65. The molecule has 90 valence electrons. The van der Waals surface area contributed by atoms with Crippen LogP contribution < -0.4 is 24.8 Å². The summed E-state index contributed by atoms with van der Waals surface area (Å²) in [5, 5.41) is 9.20. The second kappa shape index (κ2) is 8.96. The van der Waals surface area contributed by atoms with Gasteiger partial charge in [0, 0.05) is 5.92 Å². The van der Waals surface area contributed by atoms with Gasteiger partial charge < -0.3 is 29.9 Å². The first-order valence-electron chi connectivity index (χ1n) is 4.86. The minimum absolute atomic E-state index is 0. The fourth-order valence-corrected chi connectivity index (χ4v) is 1.85. The van der Waals surface area contributed by atoms with Crippen molar-refractivity contribution in [1.82, 2.24) is 0 Å². The van der Waals surface area contributed by atoms with Gasteiger partial charge in [0.05, 0.1) is 6.61 Å². The molecule has 1 N–H and O–H groups in total. The van der Waals surface area contributed by atoms with E-state index >= 15 is 0 Å². The van der Waals surface area contributed by atoms with Crippen molar-refractivity contribution in [3.8, 4) is 0 Å². The molecule has 1 nitrogen and oxygen atoms in total. The maximum atomic E-state index is 9.20. The number of allylic oxidation sites excluding steroid dienone is 4. The van der Waals surface area contributed by atoms with Crippen molar-refractivity contribution in [1.29, 1.82) is 0 Å². The zero-order chi connectivity index (χ0) is 9.97. The van der Waals surface area contributed by atoms with Crippen molar-refractivity contribution < 1.29 is 51.6 Å². The fourth-order valence-electron chi connectivity index (χ4n) is 1.85. The summed E-state index contributed by atoms with van der Waals surface area (Å²) in [5.74, 6) is 0.346. The number of aliphatic hydroxyl groups is 1. The van der Waals surface area contributed by atoms with Crippen LogP contribution in [0.1, 0.15) is 24.0 Å². The SMILES string of the molecule is CC1=CC(c2ccccc2CO)C=C1.[Cl-].[Cl-].[Ti+2]. The number of hydrogen-bond donors (Lipinski definition) is 1. The number of benzene rings is 1. The molecule has 0 saturated heterocycles. The van der Waals surface area contributed by atoms with E-state index in [0.29, 0.717) is 5.92 Å². The summed E-state index contributed by atoms with van der Waals surface area (Å²) in [6, 6.07) is 8.04. The molecule has 1 unspecified atom stereocenters. The molecule has 0 radical (unpaired) electrons. The second-order valence-electron chi connectivity index (χ2n) is 3.65. The molecule has 1 aliphatic carbocycles. The van der Waals surface area contributed by atoms with E-state index in [2.05, 4.69) is 31.2 Å². The Balaban J connectivity index is 0. The van der Waals surface area contributed by atoms with E-state index in [1.807, 2.05) is 18.2 Å². The number of hydrogen-bond acceptors (Lipinski definition) is 1. The molecular weight excluding hydrogens is 291 g/mol. The van der Waals surface area contributed by atoms with Crippen molar-refractivity contribution in [2.24, 2.45) is 0 Å². The van der Waals surface area contributed by atoms with Crippen LogP contribution in [0.15, 0.2) is 48.1 Å². The summed E-state index contributed by atoms with van der Waals surface area (Å²) in [6.07, 6.45) is 6.51. The Bertz CT molecular complexity index is 402. The largest absolute Gasteiger partial charge is 2.00 e. The van der Waals surface area contributed by atoms with E-state index < -0.39 is 0 Å². The van der Waals surface area contributed by atoms with Gasteiger partial charge in [-0.05, 0) is 18.1 Å². The normalized spacial score (nSPS) is 16.4. The molecular formula is C13H14Cl2OTi. The molecule has 0 bridgehead atoms. The van der Waals surface area contributed by atoms with Crippen molar-refractivity contribution in [3.05, 3.63) is 59.2 Å². The fraction of sp³-hybridized carbons (Fsp3) is 0.231. The third kappa shape index (κ3) is 4.61. The average molecular weight is 305 g/mol. The molecule has 0 heterocycles. The van der Waals surface area contributed by atoms with E-state index in [9.17, 15) is 5.11 Å². The maximum Gasteiger partial charge on any atom is 2.00 e. The predicted octanol–water partition coefficient (Wildman–Crippen LogP) is -3.22. The monoisotopic (exact) mass is 304 g/mol. The standard InChI is InChI=1S/C13H14O.2ClH.Ti/c1-10-6-7-11(8-10)13-5-3-2-4-12(13)9-14;;;/h2-8,11,14H,9H2,1H3;2*1H;/q;;;+2/p-2. The third-order valence-electron chi connectivity index (χ3n) is 2.59. The Labute approximate surface area is 130 Å². The second-order valence-corrected chi connectivity index (χ2v) is 3.65. The zero-order valence-corrected chi connectivity index (χ0v) is 12.6. The van der Waals surface area contributed by atoms with Gasteiger partial charge in [-0.1, -0.05) is 48.1 Å². The van der Waals surface area contributed by atoms with E-state index in [1.54, 1.807) is 0 Å². The van der Waals surface area contributed by atoms with Gasteiger partial charge in [-0.25, -0.2) is 0 Å². The summed E-state index contributed by atoms with van der Waals surface area (Å²) in [6.45, 7) is 2.21. The van der Waals surface area contributed by atoms with Crippen LogP contribution in [0.4, 0.5) is 0 Å². The molecule has 1 aromatic rings. The molecule has 0 spiro atoms. The maximum absolute atomic E-state index is 9.20. The quantitative estimate of drug-likeness (QED) is 0.570. The molecule has 17 heavy (non-hydrogen) atoms. The summed E-state index contributed by atoms with van der Waals surface area (Å²) >= 11 is 0. The predicted molar refractivity (Wildman–Crippen MR) is 58.0 cm³/mol. The van der Waals surface area contributed by atoms with Gasteiger partial charge in [0.1, 0.15) is 0 Å². The van der Waals surface area contributed by atoms with Gasteiger partial charge in [-0.2, -0.15) is 0 Å². The first kappa shape index (κ1) is 19.3. The van der Waals surface area contributed by atoms with Gasteiger partial charge >= 0.3 is 21.7 Å². The van der Waals surface area contributed by atoms with E-state index in [4.69, 9.17) is 0 Å². The van der Waals surface area contributed by atoms with Gasteiger partial charge in [-0.3, -0.25) is 0 Å². The van der Waals surface area contributed by atoms with Gasteiger partial charge in [0.25, 0.3) is 0 Å². The smallest absolute Gasteiger partial charge is 1.00 e. The summed E-state index contributed by atoms with van der Waals surface area (Å²) in [7, 11) is 0. The van der Waals surface area contributed by atoms with Crippen LogP contribution in [-0.2, 0) is 28.3 Å². The molecule has 0 amide bonds. The number of aliphatic hydroxyl groups excluding tert-OH is 1. The molecule has 2 rings (SSSR count). The summed E-state index contributed by atoms with van der Waals surface area (Å²) in [4.78, 5) is 0. The number of rotatable bonds is 2. The molecule has 1 aromatic carbocycles. The van der Waals surface area contributed by atoms with Gasteiger partial charge in [0.15, 0.2) is 0 Å². The first-order chi connectivity index (χ1) is 6.81. The molecule has 0 aliphatic heterocycles. The Kier molecular flexibility index (Phi) is 10.2. The van der Waals surface area contributed by atoms with Crippen LogP contribution >= 0.6 is 0 Å². The Morgan fingerprint density at radius 3 is 2.35 bits per heavy atom. The van der Waals surface area contributed by atoms with Crippen LogP contribution in [0.25, 0.3) is 0 Å². The van der Waals surface area contributed by atoms with Crippen LogP contribution in [0.2, 0.25) is 0 Å². The molecule has 0 saturated carbocycles. The van der Waals surface area contributed by atoms with E-state index in [0.717, 1.165) is 5.56 Å². The van der Waals surface area contributed by atoms with Crippen molar-refractivity contribution in [2.75, 3.05) is 0 Å². The summed E-state index contributed by atoms with van der Waals surface area (Å²) in [5.41, 5.74) is 3.53. The van der Waals surface area contributed by atoms with Crippen LogP contribution in [-0.4, -0.2) is 5.11 Å². The van der Waals surface area contributed by atoms with Crippen LogP contribution in [0.3, 0.4) is 0 Å². The Morgan fingerprint density at radius 1 is 1.18 bits per heavy atom. The molecule has 4 heteroatoms. The van der Waals surface area contributed by atoms with E-state index in [1.165, 1.54) is 11.1 Å². The summed E-state index contributed by atoms with van der Waals surface area (Å²) < 4.78 is 0.